The molecule has 1 fully saturated rings. The van der Waals surface area contributed by atoms with Crippen LogP contribution in [0, 0.1) is 5.92 Å². The fourth-order valence-corrected chi connectivity index (χ4v) is 3.35. The fraction of sp³-hybridized carbons (Fsp3) is 0.647. The number of fused-ring (bicyclic) bond motifs is 1. The second kappa shape index (κ2) is 5.28. The molecule has 3 nitrogen and oxygen atoms in total. The minimum Gasteiger partial charge on any atom is -0.497 e. The van der Waals surface area contributed by atoms with Crippen molar-refractivity contribution >= 4 is 0 Å². The van der Waals surface area contributed by atoms with Crippen molar-refractivity contribution in [3.63, 3.8) is 0 Å². The topological polar surface area (TPSA) is 30.5 Å². The predicted octanol–water partition coefficient (Wildman–Crippen LogP) is 3.69. The Balaban J connectivity index is 1.89. The SMILES string of the molecule is CCNC1CC(C)(CC2CC2)Oc2ccc(OC)cc21. The van der Waals surface area contributed by atoms with E-state index in [0.29, 0.717) is 6.04 Å². The molecular weight excluding hydrogens is 250 g/mol. The second-order valence-electron chi connectivity index (χ2n) is 6.42. The van der Waals surface area contributed by atoms with E-state index < -0.39 is 0 Å². The van der Waals surface area contributed by atoms with Gasteiger partial charge in [-0.3, -0.25) is 0 Å². The van der Waals surface area contributed by atoms with Gasteiger partial charge < -0.3 is 14.8 Å². The Hall–Kier alpha value is -1.22. The summed E-state index contributed by atoms with van der Waals surface area (Å²) >= 11 is 0. The highest BCUT2D eigenvalue weighted by molar-refractivity contribution is 5.44. The molecule has 1 aromatic carbocycles. The molecule has 0 radical (unpaired) electrons. The van der Waals surface area contributed by atoms with Gasteiger partial charge in [0.1, 0.15) is 17.1 Å². The third-order valence-electron chi connectivity index (χ3n) is 4.45. The highest BCUT2D eigenvalue weighted by Crippen LogP contribution is 2.47. The summed E-state index contributed by atoms with van der Waals surface area (Å²) in [7, 11) is 1.71. The highest BCUT2D eigenvalue weighted by atomic mass is 16.5. The van der Waals surface area contributed by atoms with Crippen LogP contribution >= 0.6 is 0 Å². The van der Waals surface area contributed by atoms with Crippen LogP contribution in [0.15, 0.2) is 18.2 Å². The lowest BCUT2D eigenvalue weighted by Gasteiger charge is -2.40. The fourth-order valence-electron chi connectivity index (χ4n) is 3.35. The Labute approximate surface area is 121 Å². The van der Waals surface area contributed by atoms with Crippen molar-refractivity contribution in [1.29, 1.82) is 0 Å². The number of methoxy groups -OCH3 is 1. The monoisotopic (exact) mass is 275 g/mol. The summed E-state index contributed by atoms with van der Waals surface area (Å²) in [5, 5.41) is 3.61. The van der Waals surface area contributed by atoms with Gasteiger partial charge in [0.2, 0.25) is 0 Å². The molecule has 3 rings (SSSR count). The molecule has 2 aliphatic rings. The molecule has 1 aliphatic carbocycles. The van der Waals surface area contributed by atoms with Crippen LogP contribution in [-0.4, -0.2) is 19.3 Å². The Morgan fingerprint density at radius 2 is 2.20 bits per heavy atom. The Morgan fingerprint density at radius 3 is 2.85 bits per heavy atom. The van der Waals surface area contributed by atoms with Gasteiger partial charge in [-0.1, -0.05) is 19.8 Å². The van der Waals surface area contributed by atoms with Gasteiger partial charge in [0.15, 0.2) is 0 Å². The minimum absolute atomic E-state index is 0.0322. The molecule has 1 heterocycles. The summed E-state index contributed by atoms with van der Waals surface area (Å²) < 4.78 is 11.7. The molecule has 3 heteroatoms. The summed E-state index contributed by atoms with van der Waals surface area (Å²) in [5.41, 5.74) is 1.20. The molecule has 2 unspecified atom stereocenters. The lowest BCUT2D eigenvalue weighted by molar-refractivity contribution is 0.0347. The van der Waals surface area contributed by atoms with E-state index in [9.17, 15) is 0 Å². The van der Waals surface area contributed by atoms with Crippen LogP contribution in [-0.2, 0) is 0 Å². The third kappa shape index (κ3) is 2.78. The van der Waals surface area contributed by atoms with E-state index in [-0.39, 0.29) is 5.60 Å². The van der Waals surface area contributed by atoms with Gasteiger partial charge in [-0.15, -0.1) is 0 Å². The third-order valence-corrected chi connectivity index (χ3v) is 4.45. The van der Waals surface area contributed by atoms with Crippen molar-refractivity contribution in [3.8, 4) is 11.5 Å². The predicted molar refractivity (Wildman–Crippen MR) is 80.4 cm³/mol. The Morgan fingerprint density at radius 1 is 1.40 bits per heavy atom. The summed E-state index contributed by atoms with van der Waals surface area (Å²) in [6.45, 7) is 5.40. The molecule has 0 amide bonds. The van der Waals surface area contributed by atoms with Crippen LogP contribution in [0.1, 0.15) is 51.1 Å². The first-order chi connectivity index (χ1) is 9.63. The first kappa shape index (κ1) is 13.7. The van der Waals surface area contributed by atoms with Crippen molar-refractivity contribution in [2.45, 2.75) is 51.2 Å². The van der Waals surface area contributed by atoms with E-state index in [4.69, 9.17) is 9.47 Å². The van der Waals surface area contributed by atoms with Crippen LogP contribution < -0.4 is 14.8 Å². The van der Waals surface area contributed by atoms with E-state index >= 15 is 0 Å². The zero-order chi connectivity index (χ0) is 14.2. The van der Waals surface area contributed by atoms with Crippen molar-refractivity contribution in [3.05, 3.63) is 23.8 Å². The van der Waals surface area contributed by atoms with Gasteiger partial charge >= 0.3 is 0 Å². The van der Waals surface area contributed by atoms with Crippen molar-refractivity contribution in [2.24, 2.45) is 5.92 Å². The first-order valence-corrected chi connectivity index (χ1v) is 7.74. The molecule has 1 saturated carbocycles. The molecule has 0 aromatic heterocycles. The molecule has 1 N–H and O–H groups in total. The van der Waals surface area contributed by atoms with Crippen molar-refractivity contribution in [1.82, 2.24) is 5.32 Å². The number of hydrogen-bond acceptors (Lipinski definition) is 3. The van der Waals surface area contributed by atoms with E-state index in [0.717, 1.165) is 30.4 Å². The maximum absolute atomic E-state index is 6.35. The van der Waals surface area contributed by atoms with Gasteiger partial charge in [-0.05, 0) is 44.0 Å². The Kier molecular flexibility index (Phi) is 3.63. The van der Waals surface area contributed by atoms with Crippen molar-refractivity contribution < 1.29 is 9.47 Å². The normalized spacial score (nSPS) is 28.6. The Bertz CT molecular complexity index is 484. The van der Waals surface area contributed by atoms with Crippen LogP contribution in [0.5, 0.6) is 11.5 Å². The number of nitrogens with one attached hydrogen (secondary N) is 1. The lowest BCUT2D eigenvalue weighted by Crippen LogP contribution is -2.42. The maximum Gasteiger partial charge on any atom is 0.125 e. The van der Waals surface area contributed by atoms with E-state index in [1.807, 2.05) is 6.07 Å². The molecule has 20 heavy (non-hydrogen) atoms. The minimum atomic E-state index is -0.0322. The standard InChI is InChI=1S/C17H25NO2/c1-4-18-15-11-17(2,10-12-5-6-12)20-16-8-7-13(19-3)9-14(15)16/h7-9,12,15,18H,4-6,10-11H2,1-3H3. The number of rotatable bonds is 5. The van der Waals surface area contributed by atoms with E-state index in [1.54, 1.807) is 7.11 Å². The molecule has 0 bridgehead atoms. The molecule has 0 spiro atoms. The lowest BCUT2D eigenvalue weighted by atomic mass is 9.85. The van der Waals surface area contributed by atoms with Gasteiger partial charge in [0.25, 0.3) is 0 Å². The zero-order valence-electron chi connectivity index (χ0n) is 12.7. The van der Waals surface area contributed by atoms with Gasteiger partial charge in [-0.2, -0.15) is 0 Å². The maximum atomic E-state index is 6.35. The highest BCUT2D eigenvalue weighted by Gasteiger charge is 2.41. The van der Waals surface area contributed by atoms with Gasteiger partial charge in [0, 0.05) is 18.0 Å². The van der Waals surface area contributed by atoms with Crippen LogP contribution in [0.25, 0.3) is 0 Å². The van der Waals surface area contributed by atoms with Crippen molar-refractivity contribution in [2.75, 3.05) is 13.7 Å². The van der Waals surface area contributed by atoms with Crippen LogP contribution in [0.3, 0.4) is 0 Å². The van der Waals surface area contributed by atoms with Crippen LogP contribution in [0.4, 0.5) is 0 Å². The molecule has 2 atom stereocenters. The summed E-state index contributed by atoms with van der Waals surface area (Å²) in [6.07, 6.45) is 4.97. The summed E-state index contributed by atoms with van der Waals surface area (Å²) in [6, 6.07) is 6.52. The largest absolute Gasteiger partial charge is 0.497 e. The van der Waals surface area contributed by atoms with Crippen LogP contribution in [0.2, 0.25) is 0 Å². The molecule has 1 aromatic rings. The van der Waals surface area contributed by atoms with E-state index in [1.165, 1.54) is 24.8 Å². The average Bonchev–Trinajstić information content (AvgIpc) is 3.22. The van der Waals surface area contributed by atoms with Gasteiger partial charge in [0.05, 0.1) is 7.11 Å². The number of ether oxygens (including phenoxy) is 2. The summed E-state index contributed by atoms with van der Waals surface area (Å²) in [5.74, 6) is 2.80. The zero-order valence-corrected chi connectivity index (χ0v) is 12.7. The quantitative estimate of drug-likeness (QED) is 0.889. The average molecular weight is 275 g/mol. The molecule has 1 aliphatic heterocycles. The second-order valence-corrected chi connectivity index (χ2v) is 6.42. The van der Waals surface area contributed by atoms with Gasteiger partial charge in [-0.25, -0.2) is 0 Å². The van der Waals surface area contributed by atoms with E-state index in [2.05, 4.69) is 31.3 Å². The molecule has 0 saturated heterocycles. The summed E-state index contributed by atoms with van der Waals surface area (Å²) in [4.78, 5) is 0. The molecule has 110 valence electrons. The number of benzene rings is 1. The molecular formula is C17H25NO2. The smallest absolute Gasteiger partial charge is 0.125 e. The number of hydrogen-bond donors (Lipinski definition) is 1. The first-order valence-electron chi connectivity index (χ1n) is 7.74.